The number of nitrogens with zero attached hydrogens (tertiary/aromatic N) is 1. The molecule has 1 heterocycles. The normalized spacial score (nSPS) is 11.1. The SMILES string of the molecule is CN(C)C(=O)CNC(=O)c1occc1CS(=O)(=O)c1ccccc1. The summed E-state index contributed by atoms with van der Waals surface area (Å²) < 4.78 is 29.9. The lowest BCUT2D eigenvalue weighted by Crippen LogP contribution is -2.36. The van der Waals surface area contributed by atoms with Gasteiger partial charge >= 0.3 is 0 Å². The molecule has 2 amide bonds. The van der Waals surface area contributed by atoms with E-state index in [1.54, 1.807) is 32.3 Å². The molecule has 0 aliphatic carbocycles. The van der Waals surface area contributed by atoms with Gasteiger partial charge in [0.05, 0.1) is 23.5 Å². The molecule has 0 aliphatic heterocycles. The summed E-state index contributed by atoms with van der Waals surface area (Å²) in [7, 11) is -0.462. The molecule has 1 aromatic carbocycles. The minimum absolute atomic E-state index is 0.110. The Hall–Kier alpha value is -2.61. The molecule has 0 saturated heterocycles. The first-order chi connectivity index (χ1) is 11.3. The standard InChI is InChI=1S/C16H18N2O5S/c1-18(2)14(19)10-17-16(20)15-12(8-9-23-15)11-24(21,22)13-6-4-3-5-7-13/h3-9H,10-11H2,1-2H3,(H,17,20). The fourth-order valence-electron chi connectivity index (χ4n) is 1.96. The molecule has 1 aromatic heterocycles. The van der Waals surface area contributed by atoms with E-state index in [1.807, 2.05) is 0 Å². The predicted molar refractivity (Wildman–Crippen MR) is 87.1 cm³/mol. The molecule has 0 unspecified atom stereocenters. The lowest BCUT2D eigenvalue weighted by Gasteiger charge is -2.10. The van der Waals surface area contributed by atoms with E-state index in [-0.39, 0.29) is 34.4 Å². The number of benzene rings is 1. The first-order valence-electron chi connectivity index (χ1n) is 7.14. The molecule has 0 fully saturated rings. The summed E-state index contributed by atoms with van der Waals surface area (Å²) in [6, 6.07) is 9.39. The van der Waals surface area contributed by atoms with Crippen LogP contribution in [0.1, 0.15) is 16.1 Å². The second-order valence-corrected chi connectivity index (χ2v) is 7.31. The largest absolute Gasteiger partial charge is 0.459 e. The molecule has 1 N–H and O–H groups in total. The number of sulfone groups is 1. The molecule has 128 valence electrons. The van der Waals surface area contributed by atoms with Crippen molar-refractivity contribution in [3.05, 3.63) is 54.0 Å². The molecular formula is C16H18N2O5S. The Morgan fingerprint density at radius 3 is 2.42 bits per heavy atom. The topological polar surface area (TPSA) is 96.7 Å². The van der Waals surface area contributed by atoms with Gasteiger partial charge in [-0.25, -0.2) is 8.42 Å². The van der Waals surface area contributed by atoms with Crippen LogP contribution in [-0.4, -0.2) is 45.8 Å². The molecule has 0 saturated carbocycles. The van der Waals surface area contributed by atoms with Crippen molar-refractivity contribution in [2.75, 3.05) is 20.6 Å². The zero-order valence-electron chi connectivity index (χ0n) is 13.4. The molecule has 2 rings (SSSR count). The van der Waals surface area contributed by atoms with Crippen molar-refractivity contribution < 1.29 is 22.4 Å². The smallest absolute Gasteiger partial charge is 0.287 e. The Morgan fingerprint density at radius 2 is 1.79 bits per heavy atom. The summed E-state index contributed by atoms with van der Waals surface area (Å²) in [5.74, 6) is -1.39. The highest BCUT2D eigenvalue weighted by molar-refractivity contribution is 7.90. The summed E-state index contributed by atoms with van der Waals surface area (Å²) in [4.78, 5) is 25.1. The average Bonchev–Trinajstić information content (AvgIpc) is 3.00. The molecule has 0 bridgehead atoms. The van der Waals surface area contributed by atoms with Crippen LogP contribution in [0, 0.1) is 0 Å². The molecule has 0 radical (unpaired) electrons. The van der Waals surface area contributed by atoms with Gasteiger partial charge < -0.3 is 14.6 Å². The summed E-state index contributed by atoms with van der Waals surface area (Å²) in [6.45, 7) is -0.197. The number of amides is 2. The minimum Gasteiger partial charge on any atom is -0.459 e. The van der Waals surface area contributed by atoms with E-state index >= 15 is 0 Å². The molecule has 0 atom stereocenters. The quantitative estimate of drug-likeness (QED) is 0.841. The maximum Gasteiger partial charge on any atom is 0.287 e. The predicted octanol–water partition coefficient (Wildman–Crippen LogP) is 1.07. The molecule has 8 heteroatoms. The number of likely N-dealkylation sites (N-methyl/N-ethyl adjacent to an activating group) is 1. The lowest BCUT2D eigenvalue weighted by molar-refractivity contribution is -0.127. The lowest BCUT2D eigenvalue weighted by atomic mass is 10.2. The first kappa shape index (κ1) is 17.7. The maximum atomic E-state index is 12.4. The van der Waals surface area contributed by atoms with Crippen LogP contribution in [0.25, 0.3) is 0 Å². The van der Waals surface area contributed by atoms with Crippen LogP contribution in [0.2, 0.25) is 0 Å². The third-order valence-corrected chi connectivity index (χ3v) is 4.98. The zero-order chi connectivity index (χ0) is 17.7. The van der Waals surface area contributed by atoms with Gasteiger partial charge in [0.1, 0.15) is 0 Å². The van der Waals surface area contributed by atoms with Gasteiger partial charge in [-0.2, -0.15) is 0 Å². The van der Waals surface area contributed by atoms with Crippen LogP contribution in [-0.2, 0) is 20.4 Å². The van der Waals surface area contributed by atoms with Gasteiger partial charge in [0, 0.05) is 19.7 Å². The number of carbonyl (C=O) groups is 2. The second kappa shape index (κ2) is 7.31. The van der Waals surface area contributed by atoms with E-state index in [1.165, 1.54) is 29.4 Å². The third kappa shape index (κ3) is 4.23. The van der Waals surface area contributed by atoms with Crippen LogP contribution in [0.3, 0.4) is 0 Å². The molecule has 0 aliphatic rings. The number of furan rings is 1. The molecule has 24 heavy (non-hydrogen) atoms. The highest BCUT2D eigenvalue weighted by Gasteiger charge is 2.22. The summed E-state index contributed by atoms with van der Waals surface area (Å²) >= 11 is 0. The van der Waals surface area contributed by atoms with E-state index < -0.39 is 15.7 Å². The number of hydrogen-bond acceptors (Lipinski definition) is 5. The van der Waals surface area contributed by atoms with Gasteiger partial charge in [0.25, 0.3) is 5.91 Å². The van der Waals surface area contributed by atoms with Gasteiger partial charge in [0.2, 0.25) is 5.91 Å². The van der Waals surface area contributed by atoms with Gasteiger partial charge in [-0.15, -0.1) is 0 Å². The maximum absolute atomic E-state index is 12.4. The van der Waals surface area contributed by atoms with Crippen molar-refractivity contribution >= 4 is 21.7 Å². The van der Waals surface area contributed by atoms with E-state index in [2.05, 4.69) is 5.32 Å². The number of rotatable bonds is 6. The Labute approximate surface area is 140 Å². The van der Waals surface area contributed by atoms with Gasteiger partial charge in [-0.3, -0.25) is 9.59 Å². The van der Waals surface area contributed by atoms with Crippen LogP contribution >= 0.6 is 0 Å². The van der Waals surface area contributed by atoms with Crippen molar-refractivity contribution in [1.82, 2.24) is 10.2 Å². The highest BCUT2D eigenvalue weighted by atomic mass is 32.2. The molecular weight excluding hydrogens is 332 g/mol. The van der Waals surface area contributed by atoms with Crippen molar-refractivity contribution in [3.63, 3.8) is 0 Å². The van der Waals surface area contributed by atoms with E-state index in [0.717, 1.165) is 0 Å². The fourth-order valence-corrected chi connectivity index (χ4v) is 3.33. The Morgan fingerprint density at radius 1 is 1.12 bits per heavy atom. The average molecular weight is 350 g/mol. The van der Waals surface area contributed by atoms with Gasteiger partial charge in [-0.05, 0) is 18.2 Å². The monoisotopic (exact) mass is 350 g/mol. The Kier molecular flexibility index (Phi) is 5.40. The van der Waals surface area contributed by atoms with Crippen molar-refractivity contribution in [2.45, 2.75) is 10.6 Å². The Balaban J connectivity index is 2.13. The fraction of sp³-hybridized carbons (Fsp3) is 0.250. The number of hydrogen-bond donors (Lipinski definition) is 1. The second-order valence-electron chi connectivity index (χ2n) is 5.32. The van der Waals surface area contributed by atoms with Crippen LogP contribution in [0.5, 0.6) is 0 Å². The van der Waals surface area contributed by atoms with Crippen LogP contribution in [0.15, 0.2) is 52.0 Å². The summed E-state index contributed by atoms with van der Waals surface area (Å²) in [5.41, 5.74) is 0.244. The molecule has 0 spiro atoms. The van der Waals surface area contributed by atoms with E-state index in [9.17, 15) is 18.0 Å². The first-order valence-corrected chi connectivity index (χ1v) is 8.79. The van der Waals surface area contributed by atoms with E-state index in [0.29, 0.717) is 0 Å². The number of carbonyl (C=O) groups excluding carboxylic acids is 2. The van der Waals surface area contributed by atoms with Gasteiger partial charge in [0.15, 0.2) is 15.6 Å². The number of nitrogens with one attached hydrogen (secondary N) is 1. The van der Waals surface area contributed by atoms with Crippen molar-refractivity contribution in [2.24, 2.45) is 0 Å². The highest BCUT2D eigenvalue weighted by Crippen LogP contribution is 2.19. The van der Waals surface area contributed by atoms with Crippen LogP contribution < -0.4 is 5.32 Å². The molecule has 2 aromatic rings. The third-order valence-electron chi connectivity index (χ3n) is 3.30. The summed E-state index contributed by atoms with van der Waals surface area (Å²) in [5, 5.41) is 2.41. The van der Waals surface area contributed by atoms with Gasteiger partial charge in [-0.1, -0.05) is 18.2 Å². The zero-order valence-corrected chi connectivity index (χ0v) is 14.2. The van der Waals surface area contributed by atoms with E-state index in [4.69, 9.17) is 4.42 Å². The molecule has 7 nitrogen and oxygen atoms in total. The van der Waals surface area contributed by atoms with Crippen LogP contribution in [0.4, 0.5) is 0 Å². The van der Waals surface area contributed by atoms with Crippen molar-refractivity contribution in [3.8, 4) is 0 Å². The summed E-state index contributed by atoms with van der Waals surface area (Å²) in [6.07, 6.45) is 1.25. The minimum atomic E-state index is -3.60. The van der Waals surface area contributed by atoms with Crippen molar-refractivity contribution in [1.29, 1.82) is 0 Å². The Bertz CT molecular complexity index is 825.